The van der Waals surface area contributed by atoms with Gasteiger partial charge in [-0.05, 0) is 42.0 Å². The molecule has 1 aromatic carbocycles. The minimum atomic E-state index is -1.27. The predicted octanol–water partition coefficient (Wildman–Crippen LogP) is 1.18. The smallest absolute Gasteiger partial charge is 0.258 e. The average molecular weight is 324 g/mol. The molecule has 5 nitrogen and oxygen atoms in total. The summed E-state index contributed by atoms with van der Waals surface area (Å²) in [6, 6.07) is 6.51. The Morgan fingerprint density at radius 3 is 2.41 bits per heavy atom. The number of ether oxygens (including phenoxy) is 1. The second kappa shape index (κ2) is 9.35. The molecule has 0 fully saturated rings. The number of carboxylic acid groups (broad SMARTS) is 1. The van der Waals surface area contributed by atoms with Crippen LogP contribution in [0.2, 0.25) is 0 Å². The van der Waals surface area contributed by atoms with E-state index in [1.54, 1.807) is 12.1 Å². The number of hydrogen-bond acceptors (Lipinski definition) is 5. The number of benzene rings is 1. The predicted molar refractivity (Wildman–Crippen MR) is 86.0 cm³/mol. The second-order valence-electron chi connectivity index (χ2n) is 5.23. The fraction of sp³-hybridized carbons (Fsp3) is 0.500. The van der Waals surface area contributed by atoms with E-state index in [1.807, 2.05) is 18.4 Å². The number of rotatable bonds is 9. The summed E-state index contributed by atoms with van der Waals surface area (Å²) in [4.78, 5) is 22.7. The van der Waals surface area contributed by atoms with Crippen LogP contribution >= 0.6 is 11.8 Å². The van der Waals surface area contributed by atoms with Crippen LogP contribution in [-0.2, 0) is 9.59 Å². The van der Waals surface area contributed by atoms with Gasteiger partial charge in [0.15, 0.2) is 6.61 Å². The number of amides is 1. The molecular weight excluding hydrogens is 302 g/mol. The van der Waals surface area contributed by atoms with Gasteiger partial charge in [0.05, 0.1) is 12.0 Å². The van der Waals surface area contributed by atoms with Crippen molar-refractivity contribution in [1.82, 2.24) is 5.32 Å². The van der Waals surface area contributed by atoms with Crippen LogP contribution < -0.4 is 15.2 Å². The summed E-state index contributed by atoms with van der Waals surface area (Å²) in [6.07, 6.45) is 2.20. The van der Waals surface area contributed by atoms with Gasteiger partial charge in [-0.15, -0.1) is 0 Å². The molecule has 6 heteroatoms. The summed E-state index contributed by atoms with van der Waals surface area (Å²) in [5.74, 6) is -0.102. The number of carbonyl (C=O) groups is 2. The van der Waals surface area contributed by atoms with Crippen LogP contribution in [0.25, 0.3) is 0 Å². The molecule has 122 valence electrons. The second-order valence-corrected chi connectivity index (χ2v) is 6.22. The molecule has 0 spiro atoms. The lowest BCUT2D eigenvalue weighted by molar-refractivity contribution is -0.308. The Balaban J connectivity index is 2.45. The van der Waals surface area contributed by atoms with Crippen LogP contribution in [0.4, 0.5) is 0 Å². The van der Waals surface area contributed by atoms with Crippen LogP contribution in [0.5, 0.6) is 5.75 Å². The number of thioether (sulfide) groups is 1. The van der Waals surface area contributed by atoms with Gasteiger partial charge in [0.25, 0.3) is 5.91 Å². The summed E-state index contributed by atoms with van der Waals surface area (Å²) in [5.41, 5.74) is 1.19. The maximum absolute atomic E-state index is 11.7. The number of nitrogens with one attached hydrogen (secondary N) is 1. The first-order valence-corrected chi connectivity index (χ1v) is 8.55. The molecule has 0 radical (unpaired) electrons. The quantitative estimate of drug-likeness (QED) is 0.738. The van der Waals surface area contributed by atoms with Crippen molar-refractivity contribution in [3.05, 3.63) is 29.8 Å². The van der Waals surface area contributed by atoms with Gasteiger partial charge in [-0.1, -0.05) is 26.0 Å². The third kappa shape index (κ3) is 6.39. The van der Waals surface area contributed by atoms with E-state index < -0.39 is 17.9 Å². The molecule has 1 aromatic rings. The van der Waals surface area contributed by atoms with Crippen molar-refractivity contribution in [1.29, 1.82) is 0 Å². The topological polar surface area (TPSA) is 78.5 Å². The van der Waals surface area contributed by atoms with Gasteiger partial charge in [0.2, 0.25) is 0 Å². The third-order valence-corrected chi connectivity index (χ3v) is 3.79. The molecule has 0 bridgehead atoms. The maximum atomic E-state index is 11.7. The van der Waals surface area contributed by atoms with Crippen molar-refractivity contribution in [3.63, 3.8) is 0 Å². The highest BCUT2D eigenvalue weighted by Gasteiger charge is 2.13. The zero-order valence-corrected chi connectivity index (χ0v) is 13.9. The van der Waals surface area contributed by atoms with E-state index in [9.17, 15) is 14.7 Å². The summed E-state index contributed by atoms with van der Waals surface area (Å²) in [6.45, 7) is 3.97. The Labute approximate surface area is 135 Å². The summed E-state index contributed by atoms with van der Waals surface area (Å²) in [5, 5.41) is 13.4. The van der Waals surface area contributed by atoms with E-state index in [0.29, 0.717) is 23.8 Å². The van der Waals surface area contributed by atoms with Crippen LogP contribution in [0.15, 0.2) is 24.3 Å². The fourth-order valence-corrected chi connectivity index (χ4v) is 2.29. The highest BCUT2D eigenvalue weighted by molar-refractivity contribution is 7.98. The Morgan fingerprint density at radius 2 is 1.91 bits per heavy atom. The summed E-state index contributed by atoms with van der Waals surface area (Å²) < 4.78 is 5.36. The van der Waals surface area contributed by atoms with Gasteiger partial charge in [0, 0.05) is 0 Å². The van der Waals surface area contributed by atoms with Crippen molar-refractivity contribution in [3.8, 4) is 5.75 Å². The summed E-state index contributed by atoms with van der Waals surface area (Å²) >= 11 is 1.51. The first-order valence-electron chi connectivity index (χ1n) is 7.16. The highest BCUT2D eigenvalue weighted by atomic mass is 32.2. The van der Waals surface area contributed by atoms with Crippen LogP contribution in [0, 0.1) is 0 Å². The SMILES string of the molecule is CSCC[C@H](NC(=O)COc1ccc(C(C)C)cc1)C(=O)[O-]. The lowest BCUT2D eigenvalue weighted by atomic mass is 10.0. The lowest BCUT2D eigenvalue weighted by Crippen LogP contribution is -2.49. The molecule has 0 heterocycles. The lowest BCUT2D eigenvalue weighted by Gasteiger charge is -2.19. The van der Waals surface area contributed by atoms with E-state index in [-0.39, 0.29) is 6.61 Å². The maximum Gasteiger partial charge on any atom is 0.258 e. The number of carbonyl (C=O) groups excluding carboxylic acids is 2. The third-order valence-electron chi connectivity index (χ3n) is 3.15. The van der Waals surface area contributed by atoms with Gasteiger partial charge in [-0.3, -0.25) is 4.79 Å². The molecule has 0 aliphatic heterocycles. The van der Waals surface area contributed by atoms with Gasteiger partial charge < -0.3 is 20.0 Å². The van der Waals surface area contributed by atoms with Crippen molar-refractivity contribution >= 4 is 23.6 Å². The van der Waals surface area contributed by atoms with Crippen LogP contribution in [0.3, 0.4) is 0 Å². The molecule has 0 unspecified atom stereocenters. The molecule has 0 saturated carbocycles. The largest absolute Gasteiger partial charge is 0.548 e. The molecule has 1 amide bonds. The number of aliphatic carboxylic acids is 1. The summed E-state index contributed by atoms with van der Waals surface area (Å²) in [7, 11) is 0. The Kier molecular flexibility index (Phi) is 7.80. The fourth-order valence-electron chi connectivity index (χ4n) is 1.82. The van der Waals surface area contributed by atoms with Gasteiger partial charge in [-0.2, -0.15) is 11.8 Å². The normalized spacial score (nSPS) is 12.0. The molecular formula is C16H22NO4S-. The van der Waals surface area contributed by atoms with Gasteiger partial charge >= 0.3 is 0 Å². The minimum absolute atomic E-state index is 0.218. The monoisotopic (exact) mass is 324 g/mol. The molecule has 1 N–H and O–H groups in total. The minimum Gasteiger partial charge on any atom is -0.548 e. The molecule has 1 atom stereocenters. The molecule has 0 aliphatic rings. The zero-order chi connectivity index (χ0) is 16.5. The molecule has 1 rings (SSSR count). The number of carboxylic acids is 1. The standard InChI is InChI=1S/C16H23NO4S/c1-11(2)12-4-6-13(7-5-12)21-10-15(18)17-14(16(19)20)8-9-22-3/h4-7,11,14H,8-10H2,1-3H3,(H,17,18)(H,19,20)/p-1/t14-/m0/s1. The van der Waals surface area contributed by atoms with Crippen molar-refractivity contribution < 1.29 is 19.4 Å². The molecule has 0 saturated heterocycles. The molecule has 0 aromatic heterocycles. The van der Waals surface area contributed by atoms with Crippen molar-refractivity contribution in [2.45, 2.75) is 32.2 Å². The van der Waals surface area contributed by atoms with Gasteiger partial charge in [-0.25, -0.2) is 0 Å². The Hall–Kier alpha value is -1.69. The number of hydrogen-bond donors (Lipinski definition) is 1. The zero-order valence-electron chi connectivity index (χ0n) is 13.1. The van der Waals surface area contributed by atoms with E-state index in [4.69, 9.17) is 4.74 Å². The van der Waals surface area contributed by atoms with E-state index >= 15 is 0 Å². The van der Waals surface area contributed by atoms with Crippen LogP contribution in [0.1, 0.15) is 31.7 Å². The van der Waals surface area contributed by atoms with Crippen molar-refractivity contribution in [2.75, 3.05) is 18.6 Å². The average Bonchev–Trinajstić information content (AvgIpc) is 2.49. The molecule has 0 aliphatic carbocycles. The molecule has 22 heavy (non-hydrogen) atoms. The van der Waals surface area contributed by atoms with Crippen LogP contribution in [-0.4, -0.2) is 36.5 Å². The van der Waals surface area contributed by atoms with Crippen molar-refractivity contribution in [2.24, 2.45) is 0 Å². The van der Waals surface area contributed by atoms with E-state index in [2.05, 4.69) is 19.2 Å². The van der Waals surface area contributed by atoms with E-state index in [1.165, 1.54) is 17.3 Å². The van der Waals surface area contributed by atoms with Gasteiger partial charge in [0.1, 0.15) is 5.75 Å². The first kappa shape index (κ1) is 18.4. The first-order chi connectivity index (χ1) is 10.4. The highest BCUT2D eigenvalue weighted by Crippen LogP contribution is 2.18. The Bertz CT molecular complexity index is 487. The Morgan fingerprint density at radius 1 is 1.27 bits per heavy atom. The van der Waals surface area contributed by atoms with E-state index in [0.717, 1.165) is 0 Å².